The summed E-state index contributed by atoms with van der Waals surface area (Å²) in [5.41, 5.74) is 0. The van der Waals surface area contributed by atoms with Crippen LogP contribution in [0.4, 0.5) is 4.79 Å². The fourth-order valence-electron chi connectivity index (χ4n) is 4.85. The summed E-state index contributed by atoms with van der Waals surface area (Å²) in [5, 5.41) is 0. The number of nitrogens with zero attached hydrogens (tertiary/aromatic N) is 2. The summed E-state index contributed by atoms with van der Waals surface area (Å²) in [5.74, 6) is 0. The molecular weight excluding hydrogens is 559 g/mol. The first-order chi connectivity index (χ1) is 16.9. The van der Waals surface area contributed by atoms with Crippen molar-refractivity contribution >= 4 is 6.09 Å². The van der Waals surface area contributed by atoms with Gasteiger partial charge in [-0.25, -0.2) is 4.79 Å². The molecule has 0 saturated heterocycles. The molecule has 0 fully saturated rings. The molecule has 218 valence electrons. The maximum absolute atomic E-state index is 13.0. The van der Waals surface area contributed by atoms with Crippen LogP contribution in [0.5, 0.6) is 0 Å². The molecule has 1 atom stereocenters. The number of hydrogen-bond acceptors (Lipinski definition) is 2. The first-order valence-corrected chi connectivity index (χ1v) is 15.6. The zero-order valence-corrected chi connectivity index (χ0v) is 27.6. The van der Waals surface area contributed by atoms with E-state index < -0.39 is 0 Å². The molecule has 0 aliphatic carbocycles. The quantitative estimate of drug-likeness (QED) is 0.0489. The Balaban J connectivity index is 0. The van der Waals surface area contributed by atoms with Gasteiger partial charge in [0.25, 0.3) is 0 Å². The van der Waals surface area contributed by atoms with E-state index in [1.807, 2.05) is 4.90 Å². The van der Waals surface area contributed by atoms with Gasteiger partial charge >= 0.3 is 6.09 Å². The molecule has 0 aliphatic rings. The molecule has 1 amide bonds. The van der Waals surface area contributed by atoms with Crippen molar-refractivity contribution in [2.75, 3.05) is 34.2 Å². The number of carbonyl (C=O) groups is 1. The molecule has 0 aromatic heterocycles. The van der Waals surface area contributed by atoms with E-state index in [0.29, 0.717) is 4.48 Å². The molecule has 5 heteroatoms. The Morgan fingerprint density at radius 3 is 1.17 bits per heavy atom. The van der Waals surface area contributed by atoms with Crippen molar-refractivity contribution in [3.8, 4) is 0 Å². The highest BCUT2D eigenvalue weighted by Gasteiger charge is 2.28. The van der Waals surface area contributed by atoms with Gasteiger partial charge in [0.05, 0.1) is 21.1 Å². The number of halogens is 1. The number of quaternary nitrogens is 1. The van der Waals surface area contributed by atoms with Crippen molar-refractivity contribution in [3.63, 3.8) is 0 Å². The second-order valence-electron chi connectivity index (χ2n) is 11.7. The third-order valence-corrected chi connectivity index (χ3v) is 7.27. The molecule has 0 aliphatic heterocycles. The SMILES string of the molecule is CCCCCCCCCCCCN(CCCCCCCCCCCC)C(=O)OC(CC)[N+](C)(C)C.[I-]. The van der Waals surface area contributed by atoms with Crippen molar-refractivity contribution in [1.82, 2.24) is 4.90 Å². The molecule has 0 heterocycles. The highest BCUT2D eigenvalue weighted by molar-refractivity contribution is 5.67. The van der Waals surface area contributed by atoms with Gasteiger partial charge < -0.3 is 33.6 Å². The molecular formula is C31H65IN2O2. The highest BCUT2D eigenvalue weighted by atomic mass is 127. The van der Waals surface area contributed by atoms with Crippen LogP contribution in [0.25, 0.3) is 0 Å². The molecule has 1 unspecified atom stereocenters. The summed E-state index contributed by atoms with van der Waals surface area (Å²) in [6.07, 6.45) is 27.1. The fraction of sp³-hybridized carbons (Fsp3) is 0.968. The van der Waals surface area contributed by atoms with Crippen LogP contribution in [0.2, 0.25) is 0 Å². The van der Waals surface area contributed by atoms with E-state index >= 15 is 0 Å². The van der Waals surface area contributed by atoms with Gasteiger partial charge in [0.1, 0.15) is 0 Å². The van der Waals surface area contributed by atoms with Gasteiger partial charge in [-0.1, -0.05) is 136 Å². The van der Waals surface area contributed by atoms with Gasteiger partial charge in [0, 0.05) is 19.5 Å². The third kappa shape index (κ3) is 23.1. The maximum Gasteiger partial charge on any atom is 0.414 e. The lowest BCUT2D eigenvalue weighted by molar-refractivity contribution is -0.916. The standard InChI is InChI=1S/C31H65N2O2.HI/c1-7-10-12-14-16-18-20-22-24-26-28-32(31(34)35-30(9-3)33(4,5)6)29-27-25-23-21-19-17-15-13-11-8-2;/h30H,7-29H2,1-6H3;1H/q+1;/p-1. The van der Waals surface area contributed by atoms with E-state index in [4.69, 9.17) is 4.74 Å². The molecule has 0 bridgehead atoms. The van der Waals surface area contributed by atoms with Crippen LogP contribution in [-0.2, 0) is 4.74 Å². The summed E-state index contributed by atoms with van der Waals surface area (Å²) >= 11 is 0. The van der Waals surface area contributed by atoms with Crippen molar-refractivity contribution in [2.45, 2.75) is 162 Å². The van der Waals surface area contributed by atoms with Crippen LogP contribution in [0, 0.1) is 0 Å². The van der Waals surface area contributed by atoms with E-state index in [0.717, 1.165) is 32.4 Å². The Hall–Kier alpha value is -0.0400. The van der Waals surface area contributed by atoms with Crippen LogP contribution in [0.1, 0.15) is 156 Å². The largest absolute Gasteiger partial charge is 1.00 e. The van der Waals surface area contributed by atoms with Crippen molar-refractivity contribution in [2.24, 2.45) is 0 Å². The number of ether oxygens (including phenoxy) is 1. The van der Waals surface area contributed by atoms with Crippen molar-refractivity contribution in [3.05, 3.63) is 0 Å². The summed E-state index contributed by atoms with van der Waals surface area (Å²) in [6, 6.07) is 0. The number of carbonyl (C=O) groups excluding carboxylic acids is 1. The van der Waals surface area contributed by atoms with Crippen molar-refractivity contribution in [1.29, 1.82) is 0 Å². The average Bonchev–Trinajstić information content (AvgIpc) is 2.82. The van der Waals surface area contributed by atoms with Crippen LogP contribution in [0.3, 0.4) is 0 Å². The number of amides is 1. The van der Waals surface area contributed by atoms with Gasteiger partial charge in [-0.15, -0.1) is 0 Å². The number of rotatable bonds is 25. The van der Waals surface area contributed by atoms with Crippen molar-refractivity contribution < 1.29 is 38.0 Å². The predicted molar refractivity (Wildman–Crippen MR) is 154 cm³/mol. The summed E-state index contributed by atoms with van der Waals surface area (Å²) in [4.78, 5) is 15.0. The van der Waals surface area contributed by atoms with Gasteiger partial charge in [0.2, 0.25) is 6.23 Å². The van der Waals surface area contributed by atoms with Gasteiger partial charge in [-0.3, -0.25) is 4.48 Å². The van der Waals surface area contributed by atoms with Crippen LogP contribution in [-0.4, -0.2) is 55.9 Å². The molecule has 0 saturated carbocycles. The van der Waals surface area contributed by atoms with E-state index in [1.54, 1.807) is 0 Å². The first-order valence-electron chi connectivity index (χ1n) is 15.6. The lowest BCUT2D eigenvalue weighted by Gasteiger charge is -2.34. The minimum Gasteiger partial charge on any atom is -1.00 e. The van der Waals surface area contributed by atoms with E-state index in [-0.39, 0.29) is 36.3 Å². The van der Waals surface area contributed by atoms with Gasteiger partial charge in [0.15, 0.2) is 0 Å². The molecule has 0 N–H and O–H groups in total. The number of hydrogen-bond donors (Lipinski definition) is 0. The topological polar surface area (TPSA) is 29.5 Å². The minimum atomic E-state index is -0.100. The second kappa shape index (κ2) is 26.6. The molecule has 4 nitrogen and oxygen atoms in total. The van der Waals surface area contributed by atoms with E-state index in [2.05, 4.69) is 41.9 Å². The minimum absolute atomic E-state index is 0. The van der Waals surface area contributed by atoms with Crippen LogP contribution < -0.4 is 24.0 Å². The monoisotopic (exact) mass is 624 g/mol. The lowest BCUT2D eigenvalue weighted by atomic mass is 10.1. The lowest BCUT2D eigenvalue weighted by Crippen LogP contribution is -3.00. The Bertz CT molecular complexity index is 444. The molecule has 0 spiro atoms. The smallest absolute Gasteiger partial charge is 0.414 e. The third-order valence-electron chi connectivity index (χ3n) is 7.27. The number of unbranched alkanes of at least 4 members (excludes halogenated alkanes) is 18. The molecule has 0 aromatic carbocycles. The molecule has 36 heavy (non-hydrogen) atoms. The summed E-state index contributed by atoms with van der Waals surface area (Å²) < 4.78 is 6.63. The van der Waals surface area contributed by atoms with E-state index in [1.165, 1.54) is 116 Å². The average molecular weight is 625 g/mol. The zero-order chi connectivity index (χ0) is 26.2. The Kier molecular flexibility index (Phi) is 28.1. The van der Waals surface area contributed by atoms with Crippen LogP contribution in [0.15, 0.2) is 0 Å². The normalized spacial score (nSPS) is 12.3. The molecule has 0 radical (unpaired) electrons. The summed E-state index contributed by atoms with van der Waals surface area (Å²) in [7, 11) is 6.32. The first kappa shape index (κ1) is 38.1. The maximum atomic E-state index is 13.0. The Morgan fingerprint density at radius 1 is 0.583 bits per heavy atom. The predicted octanol–water partition coefficient (Wildman–Crippen LogP) is 6.71. The summed E-state index contributed by atoms with van der Waals surface area (Å²) in [6.45, 7) is 8.36. The second-order valence-corrected chi connectivity index (χ2v) is 11.7. The van der Waals surface area contributed by atoms with Gasteiger partial charge in [-0.2, -0.15) is 0 Å². The Morgan fingerprint density at radius 2 is 0.889 bits per heavy atom. The highest BCUT2D eigenvalue weighted by Crippen LogP contribution is 2.15. The fourth-order valence-corrected chi connectivity index (χ4v) is 4.85. The Labute approximate surface area is 244 Å². The molecule has 0 rings (SSSR count). The van der Waals surface area contributed by atoms with E-state index in [9.17, 15) is 4.79 Å². The van der Waals surface area contributed by atoms with Gasteiger partial charge in [-0.05, 0) is 12.8 Å². The van der Waals surface area contributed by atoms with Crippen LogP contribution >= 0.6 is 0 Å². The molecule has 0 aromatic rings. The zero-order valence-electron chi connectivity index (χ0n) is 25.4.